The van der Waals surface area contributed by atoms with Gasteiger partial charge in [-0.05, 0) is 36.6 Å². The molecule has 4 nitrogen and oxygen atoms in total. The number of hydrogen-bond donors (Lipinski definition) is 2. The Labute approximate surface area is 111 Å². The molecule has 18 heavy (non-hydrogen) atoms. The molecule has 1 atom stereocenters. The van der Waals surface area contributed by atoms with Crippen LogP contribution in [0, 0.1) is 17.3 Å². The third-order valence-corrected chi connectivity index (χ3v) is 4.00. The van der Waals surface area contributed by atoms with Crippen LogP contribution in [0.4, 0.5) is 0 Å². The Kier molecular flexibility index (Phi) is 6.09. The van der Waals surface area contributed by atoms with Crippen LogP contribution < -0.4 is 11.1 Å². The summed E-state index contributed by atoms with van der Waals surface area (Å²) < 4.78 is 5.39. The van der Waals surface area contributed by atoms with Gasteiger partial charge in [-0.3, -0.25) is 4.79 Å². The molecule has 0 aromatic carbocycles. The number of nitrogens with two attached hydrogens (primary N) is 1. The number of amides is 1. The molecule has 1 aliphatic heterocycles. The first kappa shape index (κ1) is 15.4. The Balaban J connectivity index is 2.33. The maximum atomic E-state index is 11.8. The molecule has 1 heterocycles. The maximum absolute atomic E-state index is 11.8. The zero-order valence-corrected chi connectivity index (χ0v) is 12.0. The lowest BCUT2D eigenvalue weighted by molar-refractivity contribution is -0.122. The summed E-state index contributed by atoms with van der Waals surface area (Å²) in [5.74, 6) is 1.02. The summed E-state index contributed by atoms with van der Waals surface area (Å²) in [4.78, 5) is 11.8. The summed E-state index contributed by atoms with van der Waals surface area (Å²) in [5.41, 5.74) is 5.67. The van der Waals surface area contributed by atoms with Crippen LogP contribution in [0.5, 0.6) is 0 Å². The monoisotopic (exact) mass is 256 g/mol. The molecule has 0 aliphatic carbocycles. The van der Waals surface area contributed by atoms with Crippen molar-refractivity contribution in [3.63, 3.8) is 0 Å². The van der Waals surface area contributed by atoms with Gasteiger partial charge in [0.1, 0.15) is 0 Å². The molecule has 1 unspecified atom stereocenters. The van der Waals surface area contributed by atoms with E-state index in [0.29, 0.717) is 18.9 Å². The first-order chi connectivity index (χ1) is 8.45. The zero-order chi connectivity index (χ0) is 13.6. The molecule has 0 aromatic heterocycles. The second-order valence-corrected chi connectivity index (χ2v) is 6.20. The summed E-state index contributed by atoms with van der Waals surface area (Å²) >= 11 is 0. The summed E-state index contributed by atoms with van der Waals surface area (Å²) in [5, 5.41) is 3.05. The molecular formula is C14H28N2O2. The SMILES string of the molecule is CC(CN)CC(=O)NCC(C)(C)C1CCOCC1. The number of rotatable bonds is 6. The lowest BCUT2D eigenvalue weighted by Gasteiger charge is -2.37. The largest absolute Gasteiger partial charge is 0.381 e. The molecular weight excluding hydrogens is 228 g/mol. The number of carbonyl (C=O) groups is 1. The molecule has 106 valence electrons. The molecule has 3 N–H and O–H groups in total. The van der Waals surface area contributed by atoms with Gasteiger partial charge < -0.3 is 15.8 Å². The van der Waals surface area contributed by atoms with Crippen molar-refractivity contribution >= 4 is 5.91 Å². The van der Waals surface area contributed by atoms with Gasteiger partial charge in [-0.1, -0.05) is 20.8 Å². The van der Waals surface area contributed by atoms with E-state index < -0.39 is 0 Å². The van der Waals surface area contributed by atoms with Gasteiger partial charge in [0.15, 0.2) is 0 Å². The number of nitrogens with one attached hydrogen (secondary N) is 1. The molecule has 1 amide bonds. The van der Waals surface area contributed by atoms with E-state index in [0.717, 1.165) is 32.6 Å². The highest BCUT2D eigenvalue weighted by Crippen LogP contribution is 2.33. The third kappa shape index (κ3) is 4.94. The quantitative estimate of drug-likeness (QED) is 0.757. The zero-order valence-electron chi connectivity index (χ0n) is 12.0. The third-order valence-electron chi connectivity index (χ3n) is 4.00. The standard InChI is InChI=1S/C14H28N2O2/c1-11(9-15)8-13(17)16-10-14(2,3)12-4-6-18-7-5-12/h11-12H,4-10,15H2,1-3H3,(H,16,17). The van der Waals surface area contributed by atoms with E-state index in [1.54, 1.807) is 0 Å². The first-order valence-corrected chi connectivity index (χ1v) is 7.00. The number of carbonyl (C=O) groups excluding carboxylic acids is 1. The molecule has 4 heteroatoms. The average molecular weight is 256 g/mol. The van der Waals surface area contributed by atoms with Gasteiger partial charge in [0.05, 0.1) is 0 Å². The second kappa shape index (κ2) is 7.10. The van der Waals surface area contributed by atoms with E-state index in [1.165, 1.54) is 0 Å². The van der Waals surface area contributed by atoms with Gasteiger partial charge in [-0.2, -0.15) is 0 Å². The predicted molar refractivity (Wildman–Crippen MR) is 73.2 cm³/mol. The van der Waals surface area contributed by atoms with Gasteiger partial charge in [0.25, 0.3) is 0 Å². The van der Waals surface area contributed by atoms with E-state index in [-0.39, 0.29) is 17.2 Å². The van der Waals surface area contributed by atoms with Crippen LogP contribution in [0.1, 0.15) is 40.0 Å². The Morgan fingerprint density at radius 2 is 2.06 bits per heavy atom. The molecule has 0 radical (unpaired) electrons. The summed E-state index contributed by atoms with van der Waals surface area (Å²) in [6, 6.07) is 0. The van der Waals surface area contributed by atoms with Gasteiger partial charge in [0, 0.05) is 26.2 Å². The van der Waals surface area contributed by atoms with Gasteiger partial charge >= 0.3 is 0 Å². The van der Waals surface area contributed by atoms with Crippen LogP contribution in [0.2, 0.25) is 0 Å². The lowest BCUT2D eigenvalue weighted by Crippen LogP contribution is -2.41. The van der Waals surface area contributed by atoms with Crippen molar-refractivity contribution in [3.8, 4) is 0 Å². The Morgan fingerprint density at radius 1 is 1.44 bits per heavy atom. The van der Waals surface area contributed by atoms with Crippen molar-refractivity contribution < 1.29 is 9.53 Å². The Morgan fingerprint density at radius 3 is 2.61 bits per heavy atom. The van der Waals surface area contributed by atoms with E-state index in [1.807, 2.05) is 6.92 Å². The van der Waals surface area contributed by atoms with Crippen LogP contribution in [0.15, 0.2) is 0 Å². The molecule has 0 saturated carbocycles. The molecule has 1 fully saturated rings. The second-order valence-electron chi connectivity index (χ2n) is 6.20. The summed E-state index contributed by atoms with van der Waals surface area (Å²) in [6.45, 7) is 9.48. The highest BCUT2D eigenvalue weighted by molar-refractivity contribution is 5.76. The van der Waals surface area contributed by atoms with Gasteiger partial charge in [0.2, 0.25) is 5.91 Å². The summed E-state index contributed by atoms with van der Waals surface area (Å²) in [6.07, 6.45) is 2.73. The number of hydrogen-bond acceptors (Lipinski definition) is 3. The minimum atomic E-state index is 0.119. The van der Waals surface area contributed by atoms with Crippen LogP contribution in [0.25, 0.3) is 0 Å². The van der Waals surface area contributed by atoms with Crippen molar-refractivity contribution in [3.05, 3.63) is 0 Å². The van der Waals surface area contributed by atoms with Crippen LogP contribution in [-0.2, 0) is 9.53 Å². The molecule has 0 spiro atoms. The van der Waals surface area contributed by atoms with Crippen LogP contribution in [-0.4, -0.2) is 32.2 Å². The Bertz CT molecular complexity index is 261. The lowest BCUT2D eigenvalue weighted by atomic mass is 9.74. The van der Waals surface area contributed by atoms with E-state index in [4.69, 9.17) is 10.5 Å². The molecule has 1 saturated heterocycles. The number of ether oxygens (including phenoxy) is 1. The normalized spacial score (nSPS) is 19.6. The van der Waals surface area contributed by atoms with Crippen molar-refractivity contribution in [1.29, 1.82) is 0 Å². The molecule has 0 bridgehead atoms. The molecule has 1 aliphatic rings. The first-order valence-electron chi connectivity index (χ1n) is 7.00. The summed E-state index contributed by atoms with van der Waals surface area (Å²) in [7, 11) is 0. The highest BCUT2D eigenvalue weighted by Gasteiger charge is 2.31. The molecule has 1 rings (SSSR count). The highest BCUT2D eigenvalue weighted by atomic mass is 16.5. The van der Waals surface area contributed by atoms with Gasteiger partial charge in [-0.25, -0.2) is 0 Å². The van der Waals surface area contributed by atoms with Crippen molar-refractivity contribution in [2.75, 3.05) is 26.3 Å². The van der Waals surface area contributed by atoms with Crippen molar-refractivity contribution in [2.45, 2.75) is 40.0 Å². The van der Waals surface area contributed by atoms with Crippen LogP contribution in [0.3, 0.4) is 0 Å². The van der Waals surface area contributed by atoms with Crippen molar-refractivity contribution in [2.24, 2.45) is 23.0 Å². The van der Waals surface area contributed by atoms with E-state index in [9.17, 15) is 4.79 Å². The average Bonchev–Trinajstić information content (AvgIpc) is 2.37. The fraction of sp³-hybridized carbons (Fsp3) is 0.929. The Hall–Kier alpha value is -0.610. The minimum Gasteiger partial charge on any atom is -0.381 e. The minimum absolute atomic E-state index is 0.119. The molecule has 0 aromatic rings. The fourth-order valence-corrected chi connectivity index (χ4v) is 2.42. The van der Waals surface area contributed by atoms with E-state index >= 15 is 0 Å². The smallest absolute Gasteiger partial charge is 0.220 e. The predicted octanol–water partition coefficient (Wildman–Crippen LogP) is 1.54. The van der Waals surface area contributed by atoms with Crippen LogP contribution >= 0.6 is 0 Å². The topological polar surface area (TPSA) is 64.4 Å². The van der Waals surface area contributed by atoms with Gasteiger partial charge in [-0.15, -0.1) is 0 Å². The van der Waals surface area contributed by atoms with E-state index in [2.05, 4.69) is 19.2 Å². The van der Waals surface area contributed by atoms with Crippen molar-refractivity contribution in [1.82, 2.24) is 5.32 Å². The maximum Gasteiger partial charge on any atom is 0.220 e. The fourth-order valence-electron chi connectivity index (χ4n) is 2.42.